The number of ether oxygens (including phenoxy) is 1. The third kappa shape index (κ3) is 2.87. The normalized spacial score (nSPS) is 16.6. The summed E-state index contributed by atoms with van der Waals surface area (Å²) in [6.45, 7) is 1.69. The minimum atomic E-state index is -0.532. The number of rotatable bonds is 2. The third-order valence-corrected chi connectivity index (χ3v) is 4.02. The first-order valence-corrected chi connectivity index (χ1v) is 7.49. The molecule has 6 heteroatoms. The standard InChI is InChI=1S/C17H15ClN2O3/c1-10-17(22)20(2)14-9-11(7-8-15(14)23-10)16(21)19-13-6-4-3-5-12(13)18/h3-10H,1-2H3,(H,19,21). The van der Waals surface area contributed by atoms with Gasteiger partial charge >= 0.3 is 0 Å². The van der Waals surface area contributed by atoms with Crippen molar-refractivity contribution in [2.45, 2.75) is 13.0 Å². The van der Waals surface area contributed by atoms with Crippen molar-refractivity contribution in [3.63, 3.8) is 0 Å². The number of likely N-dealkylation sites (N-methyl/N-ethyl adjacent to an activating group) is 1. The lowest BCUT2D eigenvalue weighted by atomic mass is 10.1. The van der Waals surface area contributed by atoms with Crippen molar-refractivity contribution in [1.82, 2.24) is 0 Å². The number of nitrogens with one attached hydrogen (secondary N) is 1. The summed E-state index contributed by atoms with van der Waals surface area (Å²) in [7, 11) is 1.66. The van der Waals surface area contributed by atoms with E-state index in [0.29, 0.717) is 27.7 Å². The molecular formula is C17H15ClN2O3. The smallest absolute Gasteiger partial charge is 0.267 e. The fourth-order valence-corrected chi connectivity index (χ4v) is 2.59. The Morgan fingerprint density at radius 3 is 2.74 bits per heavy atom. The predicted octanol–water partition coefficient (Wildman–Crippen LogP) is 3.34. The summed E-state index contributed by atoms with van der Waals surface area (Å²) in [4.78, 5) is 25.9. The zero-order valence-electron chi connectivity index (χ0n) is 12.7. The fourth-order valence-electron chi connectivity index (χ4n) is 2.41. The molecule has 5 nitrogen and oxygen atoms in total. The van der Waals surface area contributed by atoms with E-state index in [-0.39, 0.29) is 11.8 Å². The summed E-state index contributed by atoms with van der Waals surface area (Å²) in [5, 5.41) is 3.21. The van der Waals surface area contributed by atoms with Crippen molar-refractivity contribution in [2.75, 3.05) is 17.3 Å². The topological polar surface area (TPSA) is 58.6 Å². The number of nitrogens with zero attached hydrogens (tertiary/aromatic N) is 1. The molecule has 2 aromatic rings. The maximum Gasteiger partial charge on any atom is 0.267 e. The lowest BCUT2D eigenvalue weighted by Gasteiger charge is -2.30. The van der Waals surface area contributed by atoms with Crippen LogP contribution >= 0.6 is 11.6 Å². The van der Waals surface area contributed by atoms with Crippen LogP contribution in [0, 0.1) is 0 Å². The highest BCUT2D eigenvalue weighted by molar-refractivity contribution is 6.33. The lowest BCUT2D eigenvalue weighted by Crippen LogP contribution is -2.42. The third-order valence-electron chi connectivity index (χ3n) is 3.69. The van der Waals surface area contributed by atoms with Gasteiger partial charge in [0.25, 0.3) is 11.8 Å². The fraction of sp³-hybridized carbons (Fsp3) is 0.176. The number of anilines is 2. The molecule has 2 aromatic carbocycles. The van der Waals surface area contributed by atoms with Crippen LogP contribution in [0.15, 0.2) is 42.5 Å². The predicted molar refractivity (Wildman–Crippen MR) is 89.3 cm³/mol. The first-order valence-electron chi connectivity index (χ1n) is 7.11. The van der Waals surface area contributed by atoms with Gasteiger partial charge in [0.15, 0.2) is 6.10 Å². The zero-order valence-corrected chi connectivity index (χ0v) is 13.4. The van der Waals surface area contributed by atoms with E-state index in [0.717, 1.165) is 0 Å². The molecule has 118 valence electrons. The van der Waals surface area contributed by atoms with Gasteiger partial charge in [-0.3, -0.25) is 9.59 Å². The van der Waals surface area contributed by atoms with Crippen LogP contribution in [0.4, 0.5) is 11.4 Å². The van der Waals surface area contributed by atoms with E-state index in [1.807, 2.05) is 0 Å². The van der Waals surface area contributed by atoms with Crippen LogP contribution in [0.5, 0.6) is 5.75 Å². The van der Waals surface area contributed by atoms with Crippen LogP contribution < -0.4 is 15.0 Å². The summed E-state index contributed by atoms with van der Waals surface area (Å²) >= 11 is 6.04. The molecule has 2 amide bonds. The molecule has 0 spiro atoms. The van der Waals surface area contributed by atoms with E-state index in [2.05, 4.69) is 5.32 Å². The van der Waals surface area contributed by atoms with E-state index in [1.54, 1.807) is 56.4 Å². The molecule has 1 unspecified atom stereocenters. The molecule has 0 bridgehead atoms. The molecule has 0 aliphatic carbocycles. The average Bonchev–Trinajstić information content (AvgIpc) is 2.54. The number of benzene rings is 2. The summed E-state index contributed by atoms with van der Waals surface area (Å²) in [5.41, 5.74) is 1.52. The van der Waals surface area contributed by atoms with Gasteiger partial charge in [-0.25, -0.2) is 0 Å². The summed E-state index contributed by atoms with van der Waals surface area (Å²) in [6.07, 6.45) is -0.532. The molecule has 1 heterocycles. The molecule has 0 fully saturated rings. The van der Waals surface area contributed by atoms with Crippen LogP contribution in [0.3, 0.4) is 0 Å². The lowest BCUT2D eigenvalue weighted by molar-refractivity contribution is -0.125. The molecule has 23 heavy (non-hydrogen) atoms. The first kappa shape index (κ1) is 15.4. The molecular weight excluding hydrogens is 316 g/mol. The van der Waals surface area contributed by atoms with Gasteiger partial charge in [0.1, 0.15) is 5.75 Å². The Balaban J connectivity index is 1.89. The van der Waals surface area contributed by atoms with Crippen molar-refractivity contribution >= 4 is 34.8 Å². The Kier molecular flexibility index (Phi) is 3.96. The SMILES string of the molecule is CC1Oc2ccc(C(=O)Nc3ccccc3Cl)cc2N(C)C1=O. The highest BCUT2D eigenvalue weighted by Gasteiger charge is 2.29. The Hall–Kier alpha value is -2.53. The molecule has 3 rings (SSSR count). The largest absolute Gasteiger partial charge is 0.479 e. The van der Waals surface area contributed by atoms with Crippen LogP contribution in [0.1, 0.15) is 17.3 Å². The first-order chi connectivity index (χ1) is 11.0. The van der Waals surface area contributed by atoms with Crippen molar-refractivity contribution in [2.24, 2.45) is 0 Å². The van der Waals surface area contributed by atoms with Gasteiger partial charge in [-0.2, -0.15) is 0 Å². The molecule has 0 saturated heterocycles. The molecule has 0 aromatic heterocycles. The quantitative estimate of drug-likeness (QED) is 0.918. The molecule has 1 N–H and O–H groups in total. The number of hydrogen-bond acceptors (Lipinski definition) is 3. The van der Waals surface area contributed by atoms with Crippen LogP contribution in [0.2, 0.25) is 5.02 Å². The van der Waals surface area contributed by atoms with E-state index >= 15 is 0 Å². The van der Waals surface area contributed by atoms with E-state index in [4.69, 9.17) is 16.3 Å². The van der Waals surface area contributed by atoms with Gasteiger partial charge < -0.3 is 15.0 Å². The number of fused-ring (bicyclic) bond motifs is 1. The zero-order chi connectivity index (χ0) is 16.6. The van der Waals surface area contributed by atoms with E-state index in [1.165, 1.54) is 4.90 Å². The van der Waals surface area contributed by atoms with Crippen molar-refractivity contribution in [3.05, 3.63) is 53.1 Å². The second-order valence-electron chi connectivity index (χ2n) is 5.27. The highest BCUT2D eigenvalue weighted by atomic mass is 35.5. The van der Waals surface area contributed by atoms with Crippen molar-refractivity contribution < 1.29 is 14.3 Å². The highest BCUT2D eigenvalue weighted by Crippen LogP contribution is 2.34. The number of amides is 2. The Bertz CT molecular complexity index is 791. The second kappa shape index (κ2) is 5.93. The van der Waals surface area contributed by atoms with Crippen LogP contribution in [-0.2, 0) is 4.79 Å². The van der Waals surface area contributed by atoms with Gasteiger partial charge in [0.05, 0.1) is 16.4 Å². The van der Waals surface area contributed by atoms with Gasteiger partial charge in [-0.05, 0) is 37.3 Å². The van der Waals surface area contributed by atoms with Gasteiger partial charge in [0.2, 0.25) is 0 Å². The number of carbonyl (C=O) groups is 2. The van der Waals surface area contributed by atoms with Crippen LogP contribution in [0.25, 0.3) is 0 Å². The molecule has 0 radical (unpaired) electrons. The summed E-state index contributed by atoms with van der Waals surface area (Å²) < 4.78 is 5.54. The number of hydrogen-bond donors (Lipinski definition) is 1. The maximum absolute atomic E-state index is 12.4. The minimum Gasteiger partial charge on any atom is -0.479 e. The number of para-hydroxylation sites is 1. The Labute approximate surface area is 138 Å². The minimum absolute atomic E-state index is 0.152. The van der Waals surface area contributed by atoms with E-state index < -0.39 is 6.10 Å². The average molecular weight is 331 g/mol. The molecule has 1 aliphatic rings. The van der Waals surface area contributed by atoms with Crippen molar-refractivity contribution in [1.29, 1.82) is 0 Å². The number of carbonyl (C=O) groups excluding carboxylic acids is 2. The molecule has 0 saturated carbocycles. The van der Waals surface area contributed by atoms with Gasteiger partial charge in [-0.1, -0.05) is 23.7 Å². The Morgan fingerprint density at radius 1 is 1.26 bits per heavy atom. The van der Waals surface area contributed by atoms with Crippen LogP contribution in [-0.4, -0.2) is 25.0 Å². The summed E-state index contributed by atoms with van der Waals surface area (Å²) in [5.74, 6) is 0.121. The second-order valence-corrected chi connectivity index (χ2v) is 5.68. The van der Waals surface area contributed by atoms with Gasteiger partial charge in [0, 0.05) is 12.6 Å². The monoisotopic (exact) mass is 330 g/mol. The van der Waals surface area contributed by atoms with E-state index in [9.17, 15) is 9.59 Å². The Morgan fingerprint density at radius 2 is 2.00 bits per heavy atom. The van der Waals surface area contributed by atoms with Gasteiger partial charge in [-0.15, -0.1) is 0 Å². The summed E-state index contributed by atoms with van der Waals surface area (Å²) in [6, 6.07) is 12.0. The maximum atomic E-state index is 12.4. The molecule has 1 aliphatic heterocycles. The number of halogens is 1. The molecule has 1 atom stereocenters. The van der Waals surface area contributed by atoms with Crippen molar-refractivity contribution in [3.8, 4) is 5.75 Å².